The summed E-state index contributed by atoms with van der Waals surface area (Å²) in [5.74, 6) is 0.633. The molecule has 1 aliphatic carbocycles. The van der Waals surface area contributed by atoms with E-state index in [2.05, 4.69) is 10.3 Å². The van der Waals surface area contributed by atoms with Gasteiger partial charge in [0.05, 0.1) is 13.2 Å². The number of anilines is 1. The second-order valence-corrected chi connectivity index (χ2v) is 6.32. The number of para-hydroxylation sites is 1. The molecule has 0 saturated carbocycles. The van der Waals surface area contributed by atoms with Crippen LogP contribution >= 0.6 is 0 Å². The fourth-order valence-electron chi connectivity index (χ4n) is 3.33. The van der Waals surface area contributed by atoms with Gasteiger partial charge in [-0.15, -0.1) is 0 Å². The van der Waals surface area contributed by atoms with Crippen molar-refractivity contribution >= 4 is 11.6 Å². The van der Waals surface area contributed by atoms with Crippen molar-refractivity contribution in [3.63, 3.8) is 0 Å². The zero-order valence-corrected chi connectivity index (χ0v) is 14.6. The molecular formula is C20H25N3O2. The van der Waals surface area contributed by atoms with E-state index in [4.69, 9.17) is 10.5 Å². The number of nitrogens with one attached hydrogen (secondary N) is 1. The zero-order chi connectivity index (χ0) is 17.6. The molecule has 0 aromatic heterocycles. The Morgan fingerprint density at radius 1 is 1.20 bits per heavy atom. The quantitative estimate of drug-likeness (QED) is 0.576. The molecule has 0 atom stereocenters. The van der Waals surface area contributed by atoms with Gasteiger partial charge < -0.3 is 20.9 Å². The number of nitrogens with two attached hydrogens (primary N) is 1. The highest BCUT2D eigenvalue weighted by molar-refractivity contribution is 5.93. The largest absolute Gasteiger partial charge is 0.508 e. The van der Waals surface area contributed by atoms with Gasteiger partial charge in [0, 0.05) is 23.9 Å². The number of guanidine groups is 1. The van der Waals surface area contributed by atoms with Crippen LogP contribution in [0, 0.1) is 0 Å². The molecule has 1 aliphatic rings. The molecule has 0 unspecified atom stereocenters. The van der Waals surface area contributed by atoms with Gasteiger partial charge in [0.15, 0.2) is 5.96 Å². The van der Waals surface area contributed by atoms with Gasteiger partial charge in [-0.05, 0) is 48.9 Å². The highest BCUT2D eigenvalue weighted by Crippen LogP contribution is 2.31. The number of phenols is 1. The summed E-state index contributed by atoms with van der Waals surface area (Å²) in [5.41, 5.74) is 11.4. The molecule has 0 bridgehead atoms. The summed E-state index contributed by atoms with van der Waals surface area (Å²) in [4.78, 5) is 4.44. The van der Waals surface area contributed by atoms with Gasteiger partial charge in [-0.2, -0.15) is 0 Å². The lowest BCUT2D eigenvalue weighted by Crippen LogP contribution is -2.23. The number of hydrogen-bond donors (Lipinski definition) is 3. The molecule has 3 rings (SSSR count). The molecule has 0 amide bonds. The first-order valence-electron chi connectivity index (χ1n) is 8.65. The number of fused-ring (bicyclic) bond motifs is 1. The van der Waals surface area contributed by atoms with Crippen molar-refractivity contribution in [1.29, 1.82) is 0 Å². The predicted octanol–water partition coefficient (Wildman–Crippen LogP) is 3.34. The van der Waals surface area contributed by atoms with E-state index in [1.165, 1.54) is 17.5 Å². The second kappa shape index (κ2) is 8.03. The maximum absolute atomic E-state index is 10.2. The monoisotopic (exact) mass is 339 g/mol. The summed E-state index contributed by atoms with van der Waals surface area (Å²) in [6.45, 7) is 0.879. The average molecular weight is 339 g/mol. The SMILES string of the molecule is COCc1ccccc1NC(N)=NCc1c(O)ccc2c1CCCC2. The highest BCUT2D eigenvalue weighted by Gasteiger charge is 2.16. The summed E-state index contributed by atoms with van der Waals surface area (Å²) >= 11 is 0. The van der Waals surface area contributed by atoms with Crippen LogP contribution in [0.4, 0.5) is 5.69 Å². The maximum atomic E-state index is 10.2. The molecule has 0 spiro atoms. The van der Waals surface area contributed by atoms with Crippen LogP contribution in [0.5, 0.6) is 5.75 Å². The van der Waals surface area contributed by atoms with Crippen molar-refractivity contribution in [2.75, 3.05) is 12.4 Å². The minimum atomic E-state index is 0.303. The van der Waals surface area contributed by atoms with E-state index in [0.717, 1.165) is 36.1 Å². The van der Waals surface area contributed by atoms with Gasteiger partial charge in [-0.25, -0.2) is 4.99 Å². The van der Waals surface area contributed by atoms with Crippen LogP contribution in [0.1, 0.15) is 35.1 Å². The topological polar surface area (TPSA) is 79.9 Å². The van der Waals surface area contributed by atoms with Crippen molar-refractivity contribution in [2.24, 2.45) is 10.7 Å². The van der Waals surface area contributed by atoms with Gasteiger partial charge in [0.2, 0.25) is 0 Å². The minimum absolute atomic E-state index is 0.303. The van der Waals surface area contributed by atoms with E-state index in [1.54, 1.807) is 13.2 Å². The summed E-state index contributed by atoms with van der Waals surface area (Å²) in [6, 6.07) is 11.6. The molecule has 0 heterocycles. The molecule has 0 aliphatic heterocycles. The highest BCUT2D eigenvalue weighted by atomic mass is 16.5. The molecule has 0 radical (unpaired) electrons. The number of nitrogens with zero attached hydrogens (tertiary/aromatic N) is 1. The van der Waals surface area contributed by atoms with E-state index in [-0.39, 0.29) is 0 Å². The first kappa shape index (κ1) is 17.3. The molecule has 2 aromatic carbocycles. The number of ether oxygens (including phenoxy) is 1. The Morgan fingerprint density at radius 3 is 2.84 bits per heavy atom. The van der Waals surface area contributed by atoms with Crippen LogP contribution in [-0.2, 0) is 30.7 Å². The van der Waals surface area contributed by atoms with Crippen LogP contribution in [0.25, 0.3) is 0 Å². The lowest BCUT2D eigenvalue weighted by atomic mass is 9.88. The number of aliphatic imine (C=N–C) groups is 1. The smallest absolute Gasteiger partial charge is 0.193 e. The van der Waals surface area contributed by atoms with Crippen LogP contribution in [0.2, 0.25) is 0 Å². The molecule has 5 heteroatoms. The fraction of sp³-hybridized carbons (Fsp3) is 0.350. The third kappa shape index (κ3) is 4.12. The third-order valence-electron chi connectivity index (χ3n) is 4.61. The number of methoxy groups -OCH3 is 1. The summed E-state index contributed by atoms with van der Waals surface area (Å²) in [6.07, 6.45) is 4.44. The van der Waals surface area contributed by atoms with Gasteiger partial charge in [0.1, 0.15) is 5.75 Å². The number of aryl methyl sites for hydroxylation is 1. The van der Waals surface area contributed by atoms with E-state index in [9.17, 15) is 5.11 Å². The van der Waals surface area contributed by atoms with Crippen LogP contribution < -0.4 is 11.1 Å². The van der Waals surface area contributed by atoms with Gasteiger partial charge >= 0.3 is 0 Å². The molecule has 5 nitrogen and oxygen atoms in total. The van der Waals surface area contributed by atoms with E-state index < -0.39 is 0 Å². The molecule has 0 fully saturated rings. The van der Waals surface area contributed by atoms with E-state index in [0.29, 0.717) is 24.9 Å². The van der Waals surface area contributed by atoms with Crippen molar-refractivity contribution in [1.82, 2.24) is 0 Å². The van der Waals surface area contributed by atoms with Gasteiger partial charge in [0.25, 0.3) is 0 Å². The normalized spacial score (nSPS) is 14.2. The number of phenolic OH excluding ortho intramolecular Hbond substituents is 1. The average Bonchev–Trinajstić information content (AvgIpc) is 2.63. The Morgan fingerprint density at radius 2 is 2.00 bits per heavy atom. The fourth-order valence-corrected chi connectivity index (χ4v) is 3.33. The zero-order valence-electron chi connectivity index (χ0n) is 14.6. The van der Waals surface area contributed by atoms with E-state index >= 15 is 0 Å². The first-order chi connectivity index (χ1) is 12.2. The number of benzene rings is 2. The Labute approximate surface area is 148 Å². The van der Waals surface area contributed by atoms with Crippen LogP contribution in [0.15, 0.2) is 41.4 Å². The summed E-state index contributed by atoms with van der Waals surface area (Å²) in [7, 11) is 1.66. The maximum Gasteiger partial charge on any atom is 0.193 e. The lowest BCUT2D eigenvalue weighted by Gasteiger charge is -2.19. The molecule has 25 heavy (non-hydrogen) atoms. The minimum Gasteiger partial charge on any atom is -0.508 e. The van der Waals surface area contributed by atoms with Crippen molar-refractivity contribution in [3.05, 3.63) is 58.7 Å². The van der Waals surface area contributed by atoms with E-state index in [1.807, 2.05) is 30.3 Å². The van der Waals surface area contributed by atoms with Crippen LogP contribution in [0.3, 0.4) is 0 Å². The van der Waals surface area contributed by atoms with Crippen molar-refractivity contribution in [3.8, 4) is 5.75 Å². The Balaban J connectivity index is 1.77. The first-order valence-corrected chi connectivity index (χ1v) is 8.65. The number of rotatable bonds is 5. The molecule has 4 N–H and O–H groups in total. The summed E-state index contributed by atoms with van der Waals surface area (Å²) in [5, 5.41) is 13.4. The van der Waals surface area contributed by atoms with Crippen LogP contribution in [-0.4, -0.2) is 18.2 Å². The second-order valence-electron chi connectivity index (χ2n) is 6.32. The predicted molar refractivity (Wildman–Crippen MR) is 101 cm³/mol. The van der Waals surface area contributed by atoms with Gasteiger partial charge in [-0.3, -0.25) is 0 Å². The Hall–Kier alpha value is -2.53. The third-order valence-corrected chi connectivity index (χ3v) is 4.61. The van der Waals surface area contributed by atoms with Gasteiger partial charge in [-0.1, -0.05) is 24.3 Å². The Kier molecular flexibility index (Phi) is 5.56. The number of hydrogen-bond acceptors (Lipinski definition) is 3. The molecule has 132 valence electrons. The molecule has 2 aromatic rings. The standard InChI is InChI=1S/C20H25N3O2/c1-25-13-15-7-3-5-9-18(15)23-20(21)22-12-17-16-8-4-2-6-14(16)10-11-19(17)24/h3,5,7,9-11,24H,2,4,6,8,12-13H2,1H3,(H3,21,22,23). The molecular weight excluding hydrogens is 314 g/mol. The lowest BCUT2D eigenvalue weighted by molar-refractivity contribution is 0.185. The van der Waals surface area contributed by atoms with Crippen molar-refractivity contribution < 1.29 is 9.84 Å². The van der Waals surface area contributed by atoms with Crippen molar-refractivity contribution in [2.45, 2.75) is 38.8 Å². The summed E-state index contributed by atoms with van der Waals surface area (Å²) < 4.78 is 5.20. The molecule has 0 saturated heterocycles. The number of aromatic hydroxyl groups is 1. The Bertz CT molecular complexity index is 772.